The molecule has 1 amide bonds. The Bertz CT molecular complexity index is 444. The lowest BCUT2D eigenvalue weighted by Crippen LogP contribution is -2.52. The number of benzene rings is 1. The smallest absolute Gasteiger partial charge is 0.239 e. The predicted octanol–water partition coefficient (Wildman–Crippen LogP) is 3.17. The van der Waals surface area contributed by atoms with Crippen molar-refractivity contribution in [1.29, 1.82) is 0 Å². The quantitative estimate of drug-likeness (QED) is 0.872. The second kappa shape index (κ2) is 7.60. The second-order valence-electron chi connectivity index (χ2n) is 6.44. The molecule has 1 saturated heterocycles. The van der Waals surface area contributed by atoms with Crippen LogP contribution in [-0.4, -0.2) is 36.0 Å². The third-order valence-electron chi connectivity index (χ3n) is 4.27. The van der Waals surface area contributed by atoms with E-state index < -0.39 is 0 Å². The molecule has 2 rings (SSSR count). The summed E-state index contributed by atoms with van der Waals surface area (Å²) in [6, 6.07) is 10.9. The lowest BCUT2D eigenvalue weighted by atomic mass is 9.96. The van der Waals surface area contributed by atoms with Crippen LogP contribution in [0, 0.1) is 0 Å². The summed E-state index contributed by atoms with van der Waals surface area (Å²) in [6.45, 7) is 8.22. The van der Waals surface area contributed by atoms with E-state index in [9.17, 15) is 4.79 Å². The van der Waals surface area contributed by atoms with E-state index in [-0.39, 0.29) is 11.9 Å². The lowest BCUT2D eigenvalue weighted by molar-refractivity contribution is -0.136. The molecule has 0 spiro atoms. The molecule has 3 nitrogen and oxygen atoms in total. The zero-order valence-electron chi connectivity index (χ0n) is 13.5. The average molecular weight is 288 g/mol. The molecule has 0 aromatic heterocycles. The number of hydrogen-bond donors (Lipinski definition) is 1. The van der Waals surface area contributed by atoms with Gasteiger partial charge in [-0.15, -0.1) is 0 Å². The van der Waals surface area contributed by atoms with Crippen LogP contribution in [0.1, 0.15) is 51.5 Å². The number of hydrogen-bond acceptors (Lipinski definition) is 2. The van der Waals surface area contributed by atoms with Crippen molar-refractivity contribution in [3.05, 3.63) is 35.9 Å². The first-order valence-electron chi connectivity index (χ1n) is 8.17. The number of piperidine rings is 1. The summed E-state index contributed by atoms with van der Waals surface area (Å²) in [5.74, 6) is 0.785. The molecule has 1 aliphatic rings. The van der Waals surface area contributed by atoms with Crippen LogP contribution in [0.2, 0.25) is 0 Å². The van der Waals surface area contributed by atoms with Crippen molar-refractivity contribution in [2.24, 2.45) is 0 Å². The van der Waals surface area contributed by atoms with Gasteiger partial charge < -0.3 is 10.2 Å². The Morgan fingerprint density at radius 1 is 1.24 bits per heavy atom. The van der Waals surface area contributed by atoms with Gasteiger partial charge in [0, 0.05) is 19.1 Å². The fourth-order valence-electron chi connectivity index (χ4n) is 3.02. The summed E-state index contributed by atoms with van der Waals surface area (Å²) in [5.41, 5.74) is 1.36. The summed E-state index contributed by atoms with van der Waals surface area (Å²) in [6.07, 6.45) is 3.11. The Balaban J connectivity index is 1.86. The molecule has 0 bridgehead atoms. The molecule has 1 aliphatic heterocycles. The van der Waals surface area contributed by atoms with Gasteiger partial charge in [0.25, 0.3) is 0 Å². The topological polar surface area (TPSA) is 32.3 Å². The van der Waals surface area contributed by atoms with Gasteiger partial charge in [-0.3, -0.25) is 4.79 Å². The van der Waals surface area contributed by atoms with Crippen LogP contribution in [-0.2, 0) is 4.79 Å². The van der Waals surface area contributed by atoms with E-state index in [1.807, 2.05) is 11.0 Å². The predicted molar refractivity (Wildman–Crippen MR) is 87.3 cm³/mol. The fourth-order valence-corrected chi connectivity index (χ4v) is 3.02. The minimum atomic E-state index is 0.0192. The number of nitrogens with zero attached hydrogens (tertiary/aromatic N) is 1. The highest BCUT2D eigenvalue weighted by atomic mass is 16.2. The van der Waals surface area contributed by atoms with Crippen molar-refractivity contribution in [2.45, 2.75) is 58.0 Å². The van der Waals surface area contributed by atoms with Crippen LogP contribution < -0.4 is 5.32 Å². The molecule has 21 heavy (non-hydrogen) atoms. The Hall–Kier alpha value is -1.35. The van der Waals surface area contributed by atoms with Crippen LogP contribution in [0.3, 0.4) is 0 Å². The van der Waals surface area contributed by atoms with E-state index in [2.05, 4.69) is 50.4 Å². The summed E-state index contributed by atoms with van der Waals surface area (Å²) in [4.78, 5) is 14.5. The van der Waals surface area contributed by atoms with Gasteiger partial charge >= 0.3 is 0 Å². The highest BCUT2D eigenvalue weighted by Crippen LogP contribution is 2.20. The van der Waals surface area contributed by atoms with Gasteiger partial charge in [0.15, 0.2) is 0 Å². The first-order valence-corrected chi connectivity index (χ1v) is 8.17. The van der Waals surface area contributed by atoms with Gasteiger partial charge in [-0.1, -0.05) is 51.1 Å². The summed E-state index contributed by atoms with van der Waals surface area (Å²) < 4.78 is 0. The van der Waals surface area contributed by atoms with Crippen LogP contribution in [0.25, 0.3) is 0 Å². The van der Waals surface area contributed by atoms with Crippen LogP contribution in [0.5, 0.6) is 0 Å². The number of amides is 1. The SMILES string of the molecule is CC(C)NC1CCCN(CCC(C)c2ccccc2)C1=O. The molecule has 0 radical (unpaired) electrons. The monoisotopic (exact) mass is 288 g/mol. The van der Waals surface area contributed by atoms with Gasteiger partial charge in [-0.05, 0) is 30.7 Å². The van der Waals surface area contributed by atoms with Gasteiger partial charge in [0.2, 0.25) is 5.91 Å². The first-order chi connectivity index (χ1) is 10.1. The Labute approximate surface area is 128 Å². The summed E-state index contributed by atoms with van der Waals surface area (Å²) in [7, 11) is 0. The Morgan fingerprint density at radius 3 is 2.62 bits per heavy atom. The van der Waals surface area contributed by atoms with E-state index in [1.165, 1.54) is 5.56 Å². The molecule has 0 saturated carbocycles. The molecule has 2 atom stereocenters. The number of carbonyl (C=O) groups excluding carboxylic acids is 1. The number of nitrogens with one attached hydrogen (secondary N) is 1. The van der Waals surface area contributed by atoms with Crippen LogP contribution in [0.15, 0.2) is 30.3 Å². The van der Waals surface area contributed by atoms with E-state index >= 15 is 0 Å². The highest BCUT2D eigenvalue weighted by molar-refractivity contribution is 5.82. The second-order valence-corrected chi connectivity index (χ2v) is 6.44. The standard InChI is InChI=1S/C18H28N2O/c1-14(2)19-17-10-7-12-20(18(17)21)13-11-15(3)16-8-5-4-6-9-16/h4-6,8-9,14-15,17,19H,7,10-13H2,1-3H3. The van der Waals surface area contributed by atoms with Crippen molar-refractivity contribution in [3.8, 4) is 0 Å². The first kappa shape index (κ1) is 16.0. The molecule has 0 aliphatic carbocycles. The molecule has 1 N–H and O–H groups in total. The van der Waals surface area contributed by atoms with Crippen molar-refractivity contribution in [1.82, 2.24) is 10.2 Å². The molecule has 1 aromatic rings. The number of carbonyl (C=O) groups is 1. The largest absolute Gasteiger partial charge is 0.341 e. The molecule has 2 unspecified atom stereocenters. The minimum absolute atomic E-state index is 0.0192. The van der Waals surface area contributed by atoms with Gasteiger partial charge in [0.1, 0.15) is 0 Å². The maximum absolute atomic E-state index is 12.5. The fraction of sp³-hybridized carbons (Fsp3) is 0.611. The van der Waals surface area contributed by atoms with Crippen molar-refractivity contribution in [2.75, 3.05) is 13.1 Å². The number of rotatable bonds is 6. The van der Waals surface area contributed by atoms with Gasteiger partial charge in [-0.25, -0.2) is 0 Å². The molecular formula is C18H28N2O. The molecular weight excluding hydrogens is 260 g/mol. The third kappa shape index (κ3) is 4.57. The number of likely N-dealkylation sites (tertiary alicyclic amines) is 1. The van der Waals surface area contributed by atoms with E-state index in [0.717, 1.165) is 32.4 Å². The highest BCUT2D eigenvalue weighted by Gasteiger charge is 2.28. The third-order valence-corrected chi connectivity index (χ3v) is 4.27. The van der Waals surface area contributed by atoms with Crippen LogP contribution in [0.4, 0.5) is 0 Å². The maximum Gasteiger partial charge on any atom is 0.239 e. The van der Waals surface area contributed by atoms with E-state index in [0.29, 0.717) is 12.0 Å². The maximum atomic E-state index is 12.5. The minimum Gasteiger partial charge on any atom is -0.341 e. The summed E-state index contributed by atoms with van der Waals surface area (Å²) >= 11 is 0. The zero-order chi connectivity index (χ0) is 15.2. The van der Waals surface area contributed by atoms with Gasteiger partial charge in [-0.2, -0.15) is 0 Å². The van der Waals surface area contributed by atoms with E-state index in [1.54, 1.807) is 0 Å². The molecule has 1 heterocycles. The van der Waals surface area contributed by atoms with Crippen molar-refractivity contribution >= 4 is 5.91 Å². The molecule has 1 aromatic carbocycles. The van der Waals surface area contributed by atoms with Gasteiger partial charge in [0.05, 0.1) is 6.04 Å². The van der Waals surface area contributed by atoms with Crippen molar-refractivity contribution in [3.63, 3.8) is 0 Å². The lowest BCUT2D eigenvalue weighted by Gasteiger charge is -2.34. The zero-order valence-corrected chi connectivity index (χ0v) is 13.5. The average Bonchev–Trinajstić information content (AvgIpc) is 2.48. The normalized spacial score (nSPS) is 20.9. The van der Waals surface area contributed by atoms with Crippen molar-refractivity contribution < 1.29 is 4.79 Å². The Morgan fingerprint density at radius 2 is 1.95 bits per heavy atom. The summed E-state index contributed by atoms with van der Waals surface area (Å²) in [5, 5.41) is 3.39. The molecule has 116 valence electrons. The van der Waals surface area contributed by atoms with Crippen LogP contribution >= 0.6 is 0 Å². The molecule has 1 fully saturated rings. The molecule has 3 heteroatoms. The van der Waals surface area contributed by atoms with E-state index in [4.69, 9.17) is 0 Å². The Kier molecular flexibility index (Phi) is 5.80.